The van der Waals surface area contributed by atoms with E-state index in [2.05, 4.69) is 6.92 Å². The summed E-state index contributed by atoms with van der Waals surface area (Å²) in [6.07, 6.45) is 2.90. The van der Waals surface area contributed by atoms with Crippen molar-refractivity contribution in [3.63, 3.8) is 0 Å². The molecule has 1 aliphatic rings. The van der Waals surface area contributed by atoms with E-state index >= 15 is 0 Å². The highest BCUT2D eigenvalue weighted by Crippen LogP contribution is 2.15. The highest BCUT2D eigenvalue weighted by atomic mass is 16.5. The lowest BCUT2D eigenvalue weighted by molar-refractivity contribution is -0.143. The van der Waals surface area contributed by atoms with Crippen LogP contribution in [0.1, 0.15) is 40.0 Å². The van der Waals surface area contributed by atoms with Gasteiger partial charge in [-0.3, -0.25) is 4.79 Å². The fourth-order valence-corrected chi connectivity index (χ4v) is 2.34. The summed E-state index contributed by atoms with van der Waals surface area (Å²) in [7, 11) is 0. The predicted molar refractivity (Wildman–Crippen MR) is 68.7 cm³/mol. The minimum Gasteiger partial charge on any atom is -0.372 e. The van der Waals surface area contributed by atoms with Gasteiger partial charge in [0.2, 0.25) is 5.91 Å². The van der Waals surface area contributed by atoms with E-state index in [9.17, 15) is 4.79 Å². The van der Waals surface area contributed by atoms with Crippen LogP contribution in [0.2, 0.25) is 0 Å². The monoisotopic (exact) mass is 242 g/mol. The van der Waals surface area contributed by atoms with Crippen molar-refractivity contribution >= 4 is 5.91 Å². The minimum absolute atomic E-state index is 0.157. The van der Waals surface area contributed by atoms with Crippen molar-refractivity contribution in [2.24, 2.45) is 11.7 Å². The van der Waals surface area contributed by atoms with Crippen LogP contribution in [0.15, 0.2) is 0 Å². The fraction of sp³-hybridized carbons (Fsp3) is 0.923. The van der Waals surface area contributed by atoms with Crippen LogP contribution < -0.4 is 5.73 Å². The molecule has 1 saturated heterocycles. The van der Waals surface area contributed by atoms with Crippen LogP contribution in [0.5, 0.6) is 0 Å². The van der Waals surface area contributed by atoms with Crippen molar-refractivity contribution in [3.05, 3.63) is 0 Å². The second-order valence-corrected chi connectivity index (χ2v) is 5.28. The van der Waals surface area contributed by atoms with Crippen LogP contribution >= 0.6 is 0 Å². The zero-order valence-electron chi connectivity index (χ0n) is 11.3. The number of ether oxygens (including phenoxy) is 1. The molecule has 0 aromatic carbocycles. The van der Waals surface area contributed by atoms with E-state index in [1.54, 1.807) is 0 Å². The first-order valence-corrected chi connectivity index (χ1v) is 6.66. The van der Waals surface area contributed by atoms with Gasteiger partial charge in [-0.2, -0.15) is 0 Å². The van der Waals surface area contributed by atoms with Crippen LogP contribution in [-0.4, -0.2) is 42.6 Å². The van der Waals surface area contributed by atoms with Gasteiger partial charge in [0.05, 0.1) is 12.2 Å². The number of amides is 1. The summed E-state index contributed by atoms with van der Waals surface area (Å²) < 4.78 is 5.62. The van der Waals surface area contributed by atoms with E-state index in [0.717, 1.165) is 25.9 Å². The molecule has 0 aliphatic carbocycles. The average Bonchev–Trinajstić information content (AvgIpc) is 2.25. The molecule has 1 rings (SSSR count). The third kappa shape index (κ3) is 5.04. The standard InChI is InChI=1S/C13H26N2O2/c1-10(6-7-14)4-5-13(16)15-8-11(2)17-12(3)9-15/h10-12H,4-9,14H2,1-3H3. The fourth-order valence-electron chi connectivity index (χ4n) is 2.34. The third-order valence-electron chi connectivity index (χ3n) is 3.28. The van der Waals surface area contributed by atoms with Gasteiger partial charge in [0.15, 0.2) is 0 Å². The molecule has 4 heteroatoms. The normalized spacial score (nSPS) is 26.9. The number of hydrogen-bond donors (Lipinski definition) is 1. The first-order chi connectivity index (χ1) is 8.02. The number of carbonyl (C=O) groups excluding carboxylic acids is 1. The Morgan fingerprint density at radius 1 is 1.35 bits per heavy atom. The molecule has 0 saturated carbocycles. The van der Waals surface area contributed by atoms with E-state index in [1.165, 1.54) is 0 Å². The maximum atomic E-state index is 12.0. The predicted octanol–water partition coefficient (Wildman–Crippen LogP) is 1.39. The summed E-state index contributed by atoms with van der Waals surface area (Å²) in [5.41, 5.74) is 5.50. The largest absolute Gasteiger partial charge is 0.372 e. The van der Waals surface area contributed by atoms with Crippen LogP contribution in [-0.2, 0) is 9.53 Å². The van der Waals surface area contributed by atoms with Gasteiger partial charge < -0.3 is 15.4 Å². The van der Waals surface area contributed by atoms with Crippen molar-refractivity contribution in [1.29, 1.82) is 0 Å². The lowest BCUT2D eigenvalue weighted by atomic mass is 10.0. The quantitative estimate of drug-likeness (QED) is 0.792. The van der Waals surface area contributed by atoms with Gasteiger partial charge in [-0.15, -0.1) is 0 Å². The Balaban J connectivity index is 2.31. The van der Waals surface area contributed by atoms with Gasteiger partial charge in [-0.05, 0) is 39.2 Å². The lowest BCUT2D eigenvalue weighted by Crippen LogP contribution is -2.48. The molecule has 100 valence electrons. The lowest BCUT2D eigenvalue weighted by Gasteiger charge is -2.35. The van der Waals surface area contributed by atoms with E-state index in [4.69, 9.17) is 10.5 Å². The van der Waals surface area contributed by atoms with Crippen LogP contribution in [0, 0.1) is 5.92 Å². The first kappa shape index (κ1) is 14.5. The summed E-state index contributed by atoms with van der Waals surface area (Å²) in [6.45, 7) is 8.37. The number of rotatable bonds is 5. The molecule has 3 unspecified atom stereocenters. The Kier molecular flexibility index (Phi) is 5.92. The zero-order chi connectivity index (χ0) is 12.8. The SMILES string of the molecule is CC(CCN)CCC(=O)N1CC(C)OC(C)C1. The minimum atomic E-state index is 0.157. The van der Waals surface area contributed by atoms with Crippen LogP contribution in [0.4, 0.5) is 0 Å². The number of morpholine rings is 1. The maximum absolute atomic E-state index is 12.0. The molecular weight excluding hydrogens is 216 g/mol. The van der Waals surface area contributed by atoms with Crippen molar-refractivity contribution in [2.45, 2.75) is 52.2 Å². The Labute approximate surface area is 104 Å². The molecule has 0 aromatic heterocycles. The summed E-state index contributed by atoms with van der Waals surface area (Å²) in [5, 5.41) is 0. The molecule has 17 heavy (non-hydrogen) atoms. The van der Waals surface area contributed by atoms with Gasteiger partial charge in [0, 0.05) is 19.5 Å². The Morgan fingerprint density at radius 2 is 1.94 bits per heavy atom. The number of nitrogens with zero attached hydrogens (tertiary/aromatic N) is 1. The molecule has 0 aromatic rings. The molecule has 2 N–H and O–H groups in total. The van der Waals surface area contributed by atoms with Gasteiger partial charge in [0.25, 0.3) is 0 Å². The maximum Gasteiger partial charge on any atom is 0.222 e. The molecule has 1 fully saturated rings. The average molecular weight is 242 g/mol. The van der Waals surface area contributed by atoms with Crippen molar-refractivity contribution in [1.82, 2.24) is 4.90 Å². The topological polar surface area (TPSA) is 55.6 Å². The molecule has 1 heterocycles. The Bertz CT molecular complexity index is 236. The molecule has 0 radical (unpaired) electrons. The van der Waals surface area contributed by atoms with Crippen molar-refractivity contribution in [2.75, 3.05) is 19.6 Å². The summed E-state index contributed by atoms with van der Waals surface area (Å²) >= 11 is 0. The molecule has 0 spiro atoms. The molecule has 3 atom stereocenters. The van der Waals surface area contributed by atoms with Crippen molar-refractivity contribution < 1.29 is 9.53 Å². The second-order valence-electron chi connectivity index (χ2n) is 5.28. The van der Waals surface area contributed by atoms with E-state index in [0.29, 0.717) is 18.9 Å². The smallest absolute Gasteiger partial charge is 0.222 e. The van der Waals surface area contributed by atoms with Crippen LogP contribution in [0.25, 0.3) is 0 Å². The number of carbonyl (C=O) groups is 1. The highest BCUT2D eigenvalue weighted by molar-refractivity contribution is 5.76. The van der Waals surface area contributed by atoms with E-state index < -0.39 is 0 Å². The van der Waals surface area contributed by atoms with E-state index in [-0.39, 0.29) is 18.1 Å². The molecular formula is C13H26N2O2. The molecule has 0 bridgehead atoms. The Morgan fingerprint density at radius 3 is 2.47 bits per heavy atom. The number of nitrogens with two attached hydrogens (primary N) is 1. The summed E-state index contributed by atoms with van der Waals surface area (Å²) in [4.78, 5) is 14.0. The van der Waals surface area contributed by atoms with Gasteiger partial charge in [-0.1, -0.05) is 6.92 Å². The second kappa shape index (κ2) is 6.97. The molecule has 1 aliphatic heterocycles. The summed E-state index contributed by atoms with van der Waals surface area (Å²) in [6, 6.07) is 0. The summed E-state index contributed by atoms with van der Waals surface area (Å²) in [5.74, 6) is 0.802. The van der Waals surface area contributed by atoms with Gasteiger partial charge >= 0.3 is 0 Å². The molecule has 4 nitrogen and oxygen atoms in total. The van der Waals surface area contributed by atoms with Gasteiger partial charge in [-0.25, -0.2) is 0 Å². The molecule has 1 amide bonds. The first-order valence-electron chi connectivity index (χ1n) is 6.66. The van der Waals surface area contributed by atoms with Crippen molar-refractivity contribution in [3.8, 4) is 0 Å². The third-order valence-corrected chi connectivity index (χ3v) is 3.28. The van der Waals surface area contributed by atoms with Gasteiger partial charge in [0.1, 0.15) is 0 Å². The van der Waals surface area contributed by atoms with Crippen LogP contribution in [0.3, 0.4) is 0 Å². The van der Waals surface area contributed by atoms with E-state index in [1.807, 2.05) is 18.7 Å². The Hall–Kier alpha value is -0.610. The zero-order valence-corrected chi connectivity index (χ0v) is 11.3. The highest BCUT2D eigenvalue weighted by Gasteiger charge is 2.25. The number of hydrogen-bond acceptors (Lipinski definition) is 3.